The van der Waals surface area contributed by atoms with Gasteiger partial charge in [-0.05, 0) is 12.1 Å². The van der Waals surface area contributed by atoms with Crippen LogP contribution in [0, 0.1) is 0 Å². The van der Waals surface area contributed by atoms with Crippen molar-refractivity contribution in [2.75, 3.05) is 26.2 Å². The number of hydrogen-bond acceptors (Lipinski definition) is 5. The first kappa shape index (κ1) is 17.5. The molecule has 1 aliphatic rings. The van der Waals surface area contributed by atoms with Crippen molar-refractivity contribution in [2.45, 2.75) is 6.92 Å². The van der Waals surface area contributed by atoms with E-state index < -0.39 is 0 Å². The van der Waals surface area contributed by atoms with Gasteiger partial charge < -0.3 is 14.2 Å². The van der Waals surface area contributed by atoms with Gasteiger partial charge in [-0.1, -0.05) is 30.3 Å². The normalized spacial score (nSPS) is 14.4. The molecule has 0 aliphatic carbocycles. The van der Waals surface area contributed by atoms with Crippen LogP contribution in [0.15, 0.2) is 53.1 Å². The van der Waals surface area contributed by atoms with Crippen molar-refractivity contribution < 1.29 is 14.0 Å². The minimum Gasteiger partial charge on any atom is -0.462 e. The monoisotopic (exact) mass is 381 g/mol. The molecule has 3 heterocycles. The van der Waals surface area contributed by atoms with Crippen LogP contribution >= 0.6 is 11.3 Å². The molecule has 0 atom stereocenters. The number of hydrogen-bond donors (Lipinski definition) is 0. The first-order valence-electron chi connectivity index (χ1n) is 8.78. The third kappa shape index (κ3) is 3.50. The average molecular weight is 381 g/mol. The Labute approximate surface area is 161 Å². The van der Waals surface area contributed by atoms with Crippen LogP contribution in [-0.2, 0) is 4.79 Å². The lowest BCUT2D eigenvalue weighted by molar-refractivity contribution is -0.130. The van der Waals surface area contributed by atoms with E-state index in [-0.39, 0.29) is 11.8 Å². The fourth-order valence-corrected chi connectivity index (χ4v) is 4.15. The van der Waals surface area contributed by atoms with Crippen LogP contribution in [0.4, 0.5) is 0 Å². The molecule has 6 nitrogen and oxygen atoms in total. The first-order valence-corrected chi connectivity index (χ1v) is 9.60. The lowest BCUT2D eigenvalue weighted by atomic mass is 10.1. The molecule has 138 valence electrons. The molecule has 27 heavy (non-hydrogen) atoms. The zero-order valence-corrected chi connectivity index (χ0v) is 15.7. The molecule has 0 spiro atoms. The molecule has 0 bridgehead atoms. The quantitative estimate of drug-likeness (QED) is 0.698. The van der Waals surface area contributed by atoms with Crippen molar-refractivity contribution in [1.29, 1.82) is 0 Å². The van der Waals surface area contributed by atoms with E-state index in [0.717, 1.165) is 5.56 Å². The lowest BCUT2D eigenvalue weighted by Gasteiger charge is -2.34. The van der Waals surface area contributed by atoms with Gasteiger partial charge in [-0.2, -0.15) is 0 Å². The maximum absolute atomic E-state index is 13.2. The van der Waals surface area contributed by atoms with Gasteiger partial charge in [0.05, 0.1) is 12.0 Å². The van der Waals surface area contributed by atoms with E-state index in [0.29, 0.717) is 47.5 Å². The number of nitrogens with zero attached hydrogens (tertiary/aromatic N) is 3. The van der Waals surface area contributed by atoms with Gasteiger partial charge in [0.2, 0.25) is 5.91 Å². The summed E-state index contributed by atoms with van der Waals surface area (Å²) in [6, 6.07) is 13.3. The summed E-state index contributed by atoms with van der Waals surface area (Å²) in [4.78, 5) is 33.6. The van der Waals surface area contributed by atoms with E-state index in [9.17, 15) is 9.59 Å². The third-order valence-corrected chi connectivity index (χ3v) is 5.67. The number of amides is 2. The van der Waals surface area contributed by atoms with Gasteiger partial charge in [0.15, 0.2) is 10.8 Å². The molecule has 0 N–H and O–H groups in total. The summed E-state index contributed by atoms with van der Waals surface area (Å²) < 4.78 is 5.47. The van der Waals surface area contributed by atoms with Gasteiger partial charge in [0.25, 0.3) is 5.91 Å². The minimum atomic E-state index is -0.0487. The Morgan fingerprint density at radius 1 is 1.00 bits per heavy atom. The van der Waals surface area contributed by atoms with Crippen molar-refractivity contribution >= 4 is 23.2 Å². The highest BCUT2D eigenvalue weighted by atomic mass is 32.1. The molecule has 4 rings (SSSR count). The van der Waals surface area contributed by atoms with Crippen LogP contribution in [0.1, 0.15) is 16.6 Å². The van der Waals surface area contributed by atoms with E-state index in [4.69, 9.17) is 9.40 Å². The summed E-state index contributed by atoms with van der Waals surface area (Å²) in [6.07, 6.45) is 1.60. The largest absolute Gasteiger partial charge is 0.462 e. The predicted octanol–water partition coefficient (Wildman–Crippen LogP) is 3.37. The van der Waals surface area contributed by atoms with Gasteiger partial charge >= 0.3 is 0 Å². The lowest BCUT2D eigenvalue weighted by Crippen LogP contribution is -2.50. The Morgan fingerprint density at radius 3 is 2.33 bits per heavy atom. The Morgan fingerprint density at radius 2 is 1.70 bits per heavy atom. The summed E-state index contributed by atoms with van der Waals surface area (Å²) >= 11 is 1.34. The summed E-state index contributed by atoms with van der Waals surface area (Å²) in [5, 5.41) is 0.685. The van der Waals surface area contributed by atoms with Crippen molar-refractivity contribution in [3.05, 3.63) is 53.6 Å². The highest BCUT2D eigenvalue weighted by Gasteiger charge is 2.28. The second-order valence-electron chi connectivity index (χ2n) is 6.34. The number of rotatable bonds is 3. The molecule has 1 fully saturated rings. The molecular weight excluding hydrogens is 362 g/mol. The van der Waals surface area contributed by atoms with E-state index in [1.807, 2.05) is 36.4 Å². The summed E-state index contributed by atoms with van der Waals surface area (Å²) in [5.41, 5.74) is 1.57. The topological polar surface area (TPSA) is 66.7 Å². The Hall–Kier alpha value is -2.93. The highest BCUT2D eigenvalue weighted by molar-refractivity contribution is 7.17. The zero-order valence-electron chi connectivity index (χ0n) is 14.9. The SMILES string of the molecule is CC(=O)N1CCN(C(=O)c2sc(-c3ccco3)nc2-c2ccccc2)CC1. The van der Waals surface area contributed by atoms with Crippen molar-refractivity contribution in [3.8, 4) is 22.0 Å². The van der Waals surface area contributed by atoms with Crippen LogP contribution in [0.3, 0.4) is 0 Å². The number of benzene rings is 1. The zero-order chi connectivity index (χ0) is 18.8. The van der Waals surface area contributed by atoms with Crippen molar-refractivity contribution in [3.63, 3.8) is 0 Å². The number of piperazine rings is 1. The van der Waals surface area contributed by atoms with Crippen LogP contribution in [0.25, 0.3) is 22.0 Å². The predicted molar refractivity (Wildman–Crippen MR) is 103 cm³/mol. The van der Waals surface area contributed by atoms with Gasteiger partial charge in [0.1, 0.15) is 4.88 Å². The molecule has 2 aromatic heterocycles. The molecule has 2 amide bonds. The Kier molecular flexibility index (Phi) is 4.77. The van der Waals surface area contributed by atoms with Gasteiger partial charge in [-0.15, -0.1) is 11.3 Å². The van der Waals surface area contributed by atoms with E-state index >= 15 is 0 Å². The smallest absolute Gasteiger partial charge is 0.266 e. The van der Waals surface area contributed by atoms with Crippen LogP contribution in [0.2, 0.25) is 0 Å². The molecule has 0 saturated carbocycles. The Balaban J connectivity index is 1.67. The fourth-order valence-electron chi connectivity index (χ4n) is 3.13. The summed E-state index contributed by atoms with van der Waals surface area (Å²) in [5.74, 6) is 0.648. The number of carbonyl (C=O) groups is 2. The fraction of sp³-hybridized carbons (Fsp3) is 0.250. The molecule has 1 aliphatic heterocycles. The van der Waals surface area contributed by atoms with E-state index in [2.05, 4.69) is 0 Å². The van der Waals surface area contributed by atoms with E-state index in [1.165, 1.54) is 11.3 Å². The van der Waals surface area contributed by atoms with Crippen LogP contribution < -0.4 is 0 Å². The summed E-state index contributed by atoms with van der Waals surface area (Å²) in [6.45, 7) is 3.74. The van der Waals surface area contributed by atoms with E-state index in [1.54, 1.807) is 29.1 Å². The number of thiazole rings is 1. The minimum absolute atomic E-state index is 0.0463. The average Bonchev–Trinajstić information content (AvgIpc) is 3.38. The summed E-state index contributed by atoms with van der Waals surface area (Å²) in [7, 11) is 0. The second-order valence-corrected chi connectivity index (χ2v) is 7.34. The highest BCUT2D eigenvalue weighted by Crippen LogP contribution is 2.35. The number of carbonyl (C=O) groups excluding carboxylic acids is 2. The molecule has 7 heteroatoms. The van der Waals surface area contributed by atoms with Crippen LogP contribution in [0.5, 0.6) is 0 Å². The molecular formula is C20H19N3O3S. The molecule has 3 aromatic rings. The number of furan rings is 1. The third-order valence-electron chi connectivity index (χ3n) is 4.61. The Bertz CT molecular complexity index is 942. The van der Waals surface area contributed by atoms with Gasteiger partial charge in [0, 0.05) is 38.7 Å². The molecule has 0 unspecified atom stereocenters. The maximum Gasteiger partial charge on any atom is 0.266 e. The van der Waals surface area contributed by atoms with Gasteiger partial charge in [-0.3, -0.25) is 9.59 Å². The van der Waals surface area contributed by atoms with Crippen LogP contribution in [-0.4, -0.2) is 52.8 Å². The molecule has 1 saturated heterocycles. The number of aromatic nitrogens is 1. The van der Waals surface area contributed by atoms with Gasteiger partial charge in [-0.25, -0.2) is 4.98 Å². The molecule has 0 radical (unpaired) electrons. The van der Waals surface area contributed by atoms with Crippen molar-refractivity contribution in [2.24, 2.45) is 0 Å². The molecule has 1 aromatic carbocycles. The standard InChI is InChI=1S/C20H19N3O3S/c1-14(24)22-9-11-23(12-10-22)20(25)18-17(15-6-3-2-4-7-15)21-19(27-18)16-8-5-13-26-16/h2-8,13H,9-12H2,1H3. The first-order chi connectivity index (χ1) is 13.1. The maximum atomic E-state index is 13.2. The second kappa shape index (κ2) is 7.36. The van der Waals surface area contributed by atoms with Crippen molar-refractivity contribution in [1.82, 2.24) is 14.8 Å².